The molecule has 6 heteroatoms. The maximum absolute atomic E-state index is 5.96. The second-order valence-electron chi connectivity index (χ2n) is 3.84. The molecule has 3 N–H and O–H groups in total. The Morgan fingerprint density at radius 1 is 1.41 bits per heavy atom. The zero-order chi connectivity index (χ0) is 12.0. The molecule has 0 radical (unpaired) electrons. The van der Waals surface area contributed by atoms with E-state index < -0.39 is 0 Å². The SMILES string of the molecule is Cn1ncc(-c2ccc3n[nH]c(Br)c3c2)c1N. The van der Waals surface area contributed by atoms with Crippen molar-refractivity contribution >= 4 is 32.7 Å². The van der Waals surface area contributed by atoms with Gasteiger partial charge in [0.25, 0.3) is 0 Å². The molecule has 0 aliphatic heterocycles. The lowest BCUT2D eigenvalue weighted by Gasteiger charge is -2.01. The van der Waals surface area contributed by atoms with Gasteiger partial charge in [-0.15, -0.1) is 0 Å². The van der Waals surface area contributed by atoms with Crippen molar-refractivity contribution in [3.8, 4) is 11.1 Å². The minimum absolute atomic E-state index is 0.656. The number of benzene rings is 1. The van der Waals surface area contributed by atoms with E-state index in [9.17, 15) is 0 Å². The number of rotatable bonds is 1. The number of hydrogen-bond acceptors (Lipinski definition) is 3. The van der Waals surface area contributed by atoms with Crippen molar-refractivity contribution in [2.75, 3.05) is 5.73 Å². The molecular weight excluding hydrogens is 282 g/mol. The van der Waals surface area contributed by atoms with E-state index in [2.05, 4.69) is 31.2 Å². The summed E-state index contributed by atoms with van der Waals surface area (Å²) in [5.41, 5.74) is 8.84. The minimum Gasteiger partial charge on any atom is -0.383 e. The zero-order valence-corrected chi connectivity index (χ0v) is 10.7. The number of aromatic nitrogens is 4. The van der Waals surface area contributed by atoms with Crippen LogP contribution in [0.2, 0.25) is 0 Å². The number of hydrogen-bond donors (Lipinski definition) is 2. The summed E-state index contributed by atoms with van der Waals surface area (Å²) in [6, 6.07) is 5.98. The topological polar surface area (TPSA) is 72.5 Å². The lowest BCUT2D eigenvalue weighted by atomic mass is 10.1. The third-order valence-electron chi connectivity index (χ3n) is 2.80. The molecule has 0 aliphatic carbocycles. The van der Waals surface area contributed by atoms with Gasteiger partial charge in [0.2, 0.25) is 0 Å². The van der Waals surface area contributed by atoms with Crippen molar-refractivity contribution in [2.24, 2.45) is 7.05 Å². The summed E-state index contributed by atoms with van der Waals surface area (Å²) >= 11 is 3.43. The van der Waals surface area contributed by atoms with Crippen LogP contribution in [0.25, 0.3) is 22.0 Å². The first-order valence-electron chi connectivity index (χ1n) is 5.08. The number of nitrogen functional groups attached to an aromatic ring is 1. The molecule has 0 saturated heterocycles. The molecule has 17 heavy (non-hydrogen) atoms. The van der Waals surface area contributed by atoms with E-state index in [1.807, 2.05) is 25.2 Å². The van der Waals surface area contributed by atoms with Crippen molar-refractivity contribution in [2.45, 2.75) is 0 Å². The zero-order valence-electron chi connectivity index (χ0n) is 9.11. The number of anilines is 1. The molecule has 0 amide bonds. The van der Waals surface area contributed by atoms with Crippen LogP contribution in [0.4, 0.5) is 5.82 Å². The fourth-order valence-corrected chi connectivity index (χ4v) is 2.22. The first kappa shape index (κ1) is 10.3. The number of nitrogens with two attached hydrogens (primary N) is 1. The quantitative estimate of drug-likeness (QED) is 0.723. The molecule has 3 rings (SSSR count). The second-order valence-corrected chi connectivity index (χ2v) is 4.63. The highest BCUT2D eigenvalue weighted by Gasteiger charge is 2.10. The fraction of sp³-hybridized carbons (Fsp3) is 0.0909. The van der Waals surface area contributed by atoms with E-state index in [-0.39, 0.29) is 0 Å². The molecule has 1 aromatic carbocycles. The van der Waals surface area contributed by atoms with Crippen molar-refractivity contribution in [1.29, 1.82) is 0 Å². The van der Waals surface area contributed by atoms with Crippen LogP contribution in [0.15, 0.2) is 29.0 Å². The van der Waals surface area contributed by atoms with Gasteiger partial charge >= 0.3 is 0 Å². The Labute approximate surface area is 106 Å². The van der Waals surface area contributed by atoms with Crippen LogP contribution in [-0.2, 0) is 7.05 Å². The predicted molar refractivity (Wildman–Crippen MR) is 70.4 cm³/mol. The van der Waals surface area contributed by atoms with Crippen LogP contribution in [0, 0.1) is 0 Å². The lowest BCUT2D eigenvalue weighted by molar-refractivity contribution is 0.779. The summed E-state index contributed by atoms with van der Waals surface area (Å²) < 4.78 is 2.53. The Morgan fingerprint density at radius 2 is 2.24 bits per heavy atom. The normalized spacial score (nSPS) is 11.2. The Kier molecular flexibility index (Phi) is 2.19. The van der Waals surface area contributed by atoms with Crippen molar-refractivity contribution in [3.63, 3.8) is 0 Å². The molecule has 86 valence electrons. The minimum atomic E-state index is 0.656. The van der Waals surface area contributed by atoms with Crippen LogP contribution in [0.5, 0.6) is 0 Å². The molecule has 3 aromatic rings. The summed E-state index contributed by atoms with van der Waals surface area (Å²) in [6.07, 6.45) is 1.77. The van der Waals surface area contributed by atoms with Crippen LogP contribution >= 0.6 is 15.9 Å². The van der Waals surface area contributed by atoms with Gasteiger partial charge in [-0.05, 0) is 33.6 Å². The Morgan fingerprint density at radius 3 is 2.94 bits per heavy atom. The molecule has 0 bridgehead atoms. The smallest absolute Gasteiger partial charge is 0.129 e. The van der Waals surface area contributed by atoms with E-state index in [4.69, 9.17) is 5.73 Å². The van der Waals surface area contributed by atoms with Gasteiger partial charge in [-0.25, -0.2) is 0 Å². The Hall–Kier alpha value is -1.82. The highest BCUT2D eigenvalue weighted by atomic mass is 79.9. The monoisotopic (exact) mass is 291 g/mol. The van der Waals surface area contributed by atoms with E-state index >= 15 is 0 Å². The largest absolute Gasteiger partial charge is 0.383 e. The average molecular weight is 292 g/mol. The van der Waals surface area contributed by atoms with E-state index in [0.717, 1.165) is 26.6 Å². The lowest BCUT2D eigenvalue weighted by Crippen LogP contribution is -1.97. The van der Waals surface area contributed by atoms with Gasteiger partial charge in [0.15, 0.2) is 0 Å². The molecule has 0 fully saturated rings. The third kappa shape index (κ3) is 1.52. The van der Waals surface area contributed by atoms with Gasteiger partial charge in [-0.1, -0.05) is 6.07 Å². The standard InChI is InChI=1S/C11H10BrN5/c1-17-11(13)8(5-14-17)6-2-3-9-7(4-6)10(12)16-15-9/h2-5H,13H2,1H3,(H,15,16). The summed E-state index contributed by atoms with van der Waals surface area (Å²) in [5.74, 6) is 0.656. The van der Waals surface area contributed by atoms with E-state index in [1.165, 1.54) is 0 Å². The number of H-pyrrole nitrogens is 1. The highest BCUT2D eigenvalue weighted by Crippen LogP contribution is 2.30. The molecule has 0 spiro atoms. The van der Waals surface area contributed by atoms with Gasteiger partial charge in [0.1, 0.15) is 10.4 Å². The van der Waals surface area contributed by atoms with Gasteiger partial charge < -0.3 is 5.73 Å². The number of aromatic amines is 1. The Balaban J connectivity index is 2.24. The van der Waals surface area contributed by atoms with Gasteiger partial charge in [0.05, 0.1) is 11.7 Å². The molecule has 5 nitrogen and oxygen atoms in total. The van der Waals surface area contributed by atoms with Gasteiger partial charge in [0, 0.05) is 18.0 Å². The average Bonchev–Trinajstić information content (AvgIpc) is 2.85. The summed E-state index contributed by atoms with van der Waals surface area (Å²) in [5, 5.41) is 12.2. The van der Waals surface area contributed by atoms with Crippen molar-refractivity contribution in [1.82, 2.24) is 20.0 Å². The Bertz CT molecular complexity index is 697. The fourth-order valence-electron chi connectivity index (χ4n) is 1.82. The first-order valence-corrected chi connectivity index (χ1v) is 5.87. The molecule has 2 aromatic heterocycles. The molecule has 0 saturated carbocycles. The molecular formula is C11H10BrN5. The second kappa shape index (κ2) is 3.59. The molecule has 0 atom stereocenters. The maximum Gasteiger partial charge on any atom is 0.129 e. The number of fused-ring (bicyclic) bond motifs is 1. The molecule has 0 aliphatic rings. The third-order valence-corrected chi connectivity index (χ3v) is 3.41. The van der Waals surface area contributed by atoms with Crippen LogP contribution in [0.1, 0.15) is 0 Å². The summed E-state index contributed by atoms with van der Waals surface area (Å²) in [4.78, 5) is 0. The number of nitrogens with one attached hydrogen (secondary N) is 1. The first-order chi connectivity index (χ1) is 8.16. The van der Waals surface area contributed by atoms with Gasteiger partial charge in [-0.2, -0.15) is 10.2 Å². The summed E-state index contributed by atoms with van der Waals surface area (Å²) in [7, 11) is 1.82. The maximum atomic E-state index is 5.96. The number of aryl methyl sites for hydroxylation is 1. The molecule has 0 unspecified atom stereocenters. The number of halogens is 1. The highest BCUT2D eigenvalue weighted by molar-refractivity contribution is 9.10. The van der Waals surface area contributed by atoms with Crippen LogP contribution < -0.4 is 5.73 Å². The van der Waals surface area contributed by atoms with Crippen molar-refractivity contribution in [3.05, 3.63) is 29.0 Å². The van der Waals surface area contributed by atoms with Crippen LogP contribution in [-0.4, -0.2) is 20.0 Å². The van der Waals surface area contributed by atoms with Crippen LogP contribution in [0.3, 0.4) is 0 Å². The molecule has 2 heterocycles. The van der Waals surface area contributed by atoms with E-state index in [0.29, 0.717) is 5.82 Å². The van der Waals surface area contributed by atoms with Gasteiger partial charge in [-0.3, -0.25) is 9.78 Å². The van der Waals surface area contributed by atoms with Crippen molar-refractivity contribution < 1.29 is 0 Å². The number of nitrogens with zero attached hydrogens (tertiary/aromatic N) is 3. The van der Waals surface area contributed by atoms with E-state index in [1.54, 1.807) is 10.9 Å². The predicted octanol–water partition coefficient (Wildman–Crippen LogP) is 2.31. The summed E-state index contributed by atoms with van der Waals surface area (Å²) in [6.45, 7) is 0.